The fourth-order valence-electron chi connectivity index (χ4n) is 7.19. The molecule has 6 nitrogen and oxygen atoms in total. The number of hydrogen-bond donors (Lipinski definition) is 0. The van der Waals surface area contributed by atoms with E-state index in [0.717, 1.165) is 84.3 Å². The average Bonchev–Trinajstić information content (AvgIpc) is 3.95. The fourth-order valence-corrected chi connectivity index (χ4v) is 7.19. The topological polar surface area (TPSA) is 53.5 Å². The first-order chi connectivity index (χ1) is 26.3. The summed E-state index contributed by atoms with van der Waals surface area (Å²) in [4.78, 5) is 15.9. The Kier molecular flexibility index (Phi) is 9.16. The van der Waals surface area contributed by atoms with Crippen molar-refractivity contribution in [2.24, 2.45) is 0 Å². The summed E-state index contributed by atoms with van der Waals surface area (Å²) in [6, 6.07) is 63.0. The van der Waals surface area contributed by atoms with Gasteiger partial charge in [0.15, 0.2) is 0 Å². The number of aromatic nitrogens is 6. The van der Waals surface area contributed by atoms with Gasteiger partial charge >= 0.3 is 0 Å². The maximum Gasteiger partial charge on any atom is 0.145 e. The number of nitrogens with zero attached hydrogens (tertiary/aromatic N) is 6. The van der Waals surface area contributed by atoms with Crippen LogP contribution in [0.4, 0.5) is 0 Å². The number of rotatable bonds is 6. The molecule has 7 aromatic carbocycles. The summed E-state index contributed by atoms with van der Waals surface area (Å²) in [5.74, 6) is 2.53. The zero-order chi connectivity index (χ0) is 35.7. The van der Waals surface area contributed by atoms with Gasteiger partial charge in [0.2, 0.25) is 0 Å². The predicted octanol–water partition coefficient (Wildman–Crippen LogP) is 12.4. The standard InChI is InChI=1S/C45H30N6.C2H6.CH4/c1-4-16-34(17-5-1)49-40-25-13-10-22-37(40)46-43(49)31-28-32(44-47-38-23-11-14-26-41(38)50(44)35-18-6-2-7-19-35)30-33(29-31)45-48-39-24-12-15-27-42(39)51(45)36-20-8-3-9-21-36;1-2;/h1-30H;1-2H3;1H4. The highest BCUT2D eigenvalue weighted by Gasteiger charge is 2.22. The van der Waals surface area contributed by atoms with Crippen molar-refractivity contribution in [1.82, 2.24) is 28.7 Å². The average molecular weight is 701 g/mol. The Morgan fingerprint density at radius 1 is 0.315 bits per heavy atom. The third-order valence-electron chi connectivity index (χ3n) is 9.43. The van der Waals surface area contributed by atoms with Gasteiger partial charge < -0.3 is 0 Å². The number of fused-ring (bicyclic) bond motifs is 3. The summed E-state index contributed by atoms with van der Waals surface area (Å²) in [6.07, 6.45) is 0. The van der Waals surface area contributed by atoms with Gasteiger partial charge in [-0.2, -0.15) is 0 Å². The summed E-state index contributed by atoms with van der Waals surface area (Å²) in [7, 11) is 0. The predicted molar refractivity (Wildman–Crippen MR) is 225 cm³/mol. The molecule has 0 saturated carbocycles. The van der Waals surface area contributed by atoms with Crippen molar-refractivity contribution in [1.29, 1.82) is 0 Å². The van der Waals surface area contributed by atoms with Crippen molar-refractivity contribution >= 4 is 33.1 Å². The van der Waals surface area contributed by atoms with E-state index in [2.05, 4.69) is 159 Å². The van der Waals surface area contributed by atoms with Crippen molar-refractivity contribution in [3.05, 3.63) is 182 Å². The van der Waals surface area contributed by atoms with Crippen molar-refractivity contribution in [3.63, 3.8) is 0 Å². The van der Waals surface area contributed by atoms with E-state index in [9.17, 15) is 0 Å². The molecule has 6 heteroatoms. The van der Waals surface area contributed by atoms with Crippen molar-refractivity contribution in [2.75, 3.05) is 0 Å². The van der Waals surface area contributed by atoms with Gasteiger partial charge in [0, 0.05) is 33.8 Å². The summed E-state index contributed by atoms with van der Waals surface area (Å²) in [5, 5.41) is 0. The van der Waals surface area contributed by atoms with E-state index < -0.39 is 0 Å². The number of para-hydroxylation sites is 9. The van der Waals surface area contributed by atoms with E-state index in [1.807, 2.05) is 50.2 Å². The Hall–Kier alpha value is -7.05. The van der Waals surface area contributed by atoms with E-state index >= 15 is 0 Å². The Balaban J connectivity index is 0.00000136. The summed E-state index contributed by atoms with van der Waals surface area (Å²) < 4.78 is 6.75. The Labute approximate surface area is 315 Å². The van der Waals surface area contributed by atoms with Gasteiger partial charge in [-0.15, -0.1) is 0 Å². The molecule has 0 bridgehead atoms. The molecular weight excluding hydrogens is 661 g/mol. The lowest BCUT2D eigenvalue weighted by Gasteiger charge is -2.15. The van der Waals surface area contributed by atoms with Crippen LogP contribution in [0.3, 0.4) is 0 Å². The second kappa shape index (κ2) is 14.5. The Bertz CT molecular complexity index is 2520. The highest BCUT2D eigenvalue weighted by Crippen LogP contribution is 2.38. The monoisotopic (exact) mass is 700 g/mol. The molecule has 0 N–H and O–H groups in total. The normalized spacial score (nSPS) is 11.0. The molecule has 3 aromatic heterocycles. The van der Waals surface area contributed by atoms with Crippen LogP contribution in [-0.4, -0.2) is 28.7 Å². The van der Waals surface area contributed by atoms with Gasteiger partial charge in [0.1, 0.15) is 17.5 Å². The van der Waals surface area contributed by atoms with Crippen LogP contribution in [-0.2, 0) is 0 Å². The molecule has 10 aromatic rings. The smallest absolute Gasteiger partial charge is 0.145 e. The molecule has 0 aliphatic rings. The summed E-state index contributed by atoms with van der Waals surface area (Å²) in [6.45, 7) is 4.00. The van der Waals surface area contributed by atoms with Gasteiger partial charge in [-0.05, 0) is 91.0 Å². The lowest BCUT2D eigenvalue weighted by molar-refractivity contribution is 1.09. The van der Waals surface area contributed by atoms with Gasteiger partial charge in [-0.1, -0.05) is 112 Å². The first kappa shape index (κ1) is 34.1. The van der Waals surface area contributed by atoms with E-state index in [1.54, 1.807) is 0 Å². The second-order valence-corrected chi connectivity index (χ2v) is 12.6. The van der Waals surface area contributed by atoms with E-state index in [4.69, 9.17) is 15.0 Å². The molecular formula is C48H40N6. The first-order valence-electron chi connectivity index (χ1n) is 18.1. The molecule has 0 saturated heterocycles. The Morgan fingerprint density at radius 3 is 0.833 bits per heavy atom. The Morgan fingerprint density at radius 2 is 0.556 bits per heavy atom. The SMILES string of the molecule is C.CC.c1ccc(-n2c(-c3cc(-c4nc5ccccc5n4-c4ccccc4)cc(-c4nc5ccccc5n4-c4ccccc4)c3)nc3ccccc32)cc1. The second-order valence-electron chi connectivity index (χ2n) is 12.6. The lowest BCUT2D eigenvalue weighted by atomic mass is 10.0. The van der Waals surface area contributed by atoms with Crippen LogP contribution in [0.5, 0.6) is 0 Å². The highest BCUT2D eigenvalue weighted by molar-refractivity contribution is 5.90. The quantitative estimate of drug-likeness (QED) is 0.173. The van der Waals surface area contributed by atoms with Crippen LogP contribution in [0, 0.1) is 0 Å². The minimum Gasteiger partial charge on any atom is -0.292 e. The number of benzene rings is 7. The number of imidazole rings is 3. The van der Waals surface area contributed by atoms with Crippen molar-refractivity contribution in [3.8, 4) is 51.2 Å². The van der Waals surface area contributed by atoms with Gasteiger partial charge in [-0.3, -0.25) is 13.7 Å². The lowest BCUT2D eigenvalue weighted by Crippen LogP contribution is -2.02. The zero-order valence-corrected chi connectivity index (χ0v) is 29.5. The molecule has 0 spiro atoms. The molecule has 10 rings (SSSR count). The van der Waals surface area contributed by atoms with E-state index in [0.29, 0.717) is 0 Å². The molecule has 54 heavy (non-hydrogen) atoms. The molecule has 0 amide bonds. The summed E-state index contributed by atoms with van der Waals surface area (Å²) >= 11 is 0. The fraction of sp³-hybridized carbons (Fsp3) is 0.0625. The first-order valence-corrected chi connectivity index (χ1v) is 18.1. The van der Waals surface area contributed by atoms with E-state index in [1.165, 1.54) is 0 Å². The third kappa shape index (κ3) is 5.84. The van der Waals surface area contributed by atoms with Crippen molar-refractivity contribution in [2.45, 2.75) is 21.3 Å². The molecule has 262 valence electrons. The molecule has 0 unspecified atom stereocenters. The minimum atomic E-state index is 0. The van der Waals surface area contributed by atoms with Gasteiger partial charge in [-0.25, -0.2) is 15.0 Å². The zero-order valence-electron chi connectivity index (χ0n) is 29.5. The molecule has 3 heterocycles. The highest BCUT2D eigenvalue weighted by atomic mass is 15.1. The molecule has 0 fully saturated rings. The van der Waals surface area contributed by atoms with Gasteiger partial charge in [0.05, 0.1) is 33.1 Å². The molecule has 0 aliphatic carbocycles. The number of hydrogen-bond acceptors (Lipinski definition) is 3. The van der Waals surface area contributed by atoms with Crippen LogP contribution >= 0.6 is 0 Å². The van der Waals surface area contributed by atoms with Crippen LogP contribution < -0.4 is 0 Å². The van der Waals surface area contributed by atoms with Gasteiger partial charge in [0.25, 0.3) is 0 Å². The minimum absolute atomic E-state index is 0. The maximum absolute atomic E-state index is 5.28. The molecule has 0 aliphatic heterocycles. The largest absolute Gasteiger partial charge is 0.292 e. The van der Waals surface area contributed by atoms with Crippen LogP contribution in [0.2, 0.25) is 0 Å². The van der Waals surface area contributed by atoms with Crippen LogP contribution in [0.25, 0.3) is 84.3 Å². The molecule has 0 atom stereocenters. The van der Waals surface area contributed by atoms with Crippen LogP contribution in [0.15, 0.2) is 182 Å². The third-order valence-corrected chi connectivity index (χ3v) is 9.43. The van der Waals surface area contributed by atoms with Crippen LogP contribution in [0.1, 0.15) is 21.3 Å². The molecule has 0 radical (unpaired) electrons. The van der Waals surface area contributed by atoms with E-state index in [-0.39, 0.29) is 7.43 Å². The van der Waals surface area contributed by atoms with Crippen molar-refractivity contribution < 1.29 is 0 Å². The maximum atomic E-state index is 5.28. The summed E-state index contributed by atoms with van der Waals surface area (Å²) in [5.41, 5.74) is 11.9.